The van der Waals surface area contributed by atoms with Gasteiger partial charge in [-0.3, -0.25) is 10.3 Å². The topological polar surface area (TPSA) is 50.7 Å². The van der Waals surface area contributed by atoms with Crippen LogP contribution in [0.25, 0.3) is 5.70 Å². The number of ether oxygens (including phenoxy) is 1. The van der Waals surface area contributed by atoms with Crippen molar-refractivity contribution in [1.82, 2.24) is 5.48 Å². The normalized spacial score (nSPS) is 20.7. The number of hydroxylamine groups is 1. The molecule has 1 saturated carbocycles. The number of benzene rings is 2. The number of rotatable bonds is 3. The molecule has 1 fully saturated rings. The fraction of sp³-hybridized carbons (Fsp3) is 0.333. The molecule has 0 unspecified atom stereocenters. The van der Waals surface area contributed by atoms with E-state index in [0.717, 1.165) is 36.9 Å². The predicted octanol–water partition coefficient (Wildman–Crippen LogP) is 3.74. The molecule has 0 saturated heterocycles. The zero-order valence-electron chi connectivity index (χ0n) is 14.0. The van der Waals surface area contributed by atoms with E-state index in [9.17, 15) is 5.11 Å². The summed E-state index contributed by atoms with van der Waals surface area (Å²) >= 11 is 0. The maximum atomic E-state index is 10.2. The van der Waals surface area contributed by atoms with Gasteiger partial charge in [-0.05, 0) is 54.7 Å². The number of phenols is 1. The second-order valence-electron chi connectivity index (χ2n) is 7.28. The van der Waals surface area contributed by atoms with Gasteiger partial charge in [-0.2, -0.15) is 0 Å². The second kappa shape index (κ2) is 5.53. The molecule has 0 bridgehead atoms. The standard InChI is InChI=1S/C21H21NO3/c23-19-7-6-16(18-13-21(25-22-18)8-3-9-21)12-20(19)24-17-10-14-4-1-2-5-15(14)11-17/h1-2,4-7,12-13,17,22-23H,3,8-11H2. The van der Waals surface area contributed by atoms with Crippen LogP contribution in [-0.4, -0.2) is 16.8 Å². The summed E-state index contributed by atoms with van der Waals surface area (Å²) in [5.74, 6) is 0.713. The van der Waals surface area contributed by atoms with Gasteiger partial charge in [-0.1, -0.05) is 24.3 Å². The first-order valence-corrected chi connectivity index (χ1v) is 8.95. The van der Waals surface area contributed by atoms with E-state index in [1.807, 2.05) is 12.1 Å². The van der Waals surface area contributed by atoms with Crippen LogP contribution in [0, 0.1) is 0 Å². The SMILES string of the molecule is Oc1ccc(C2=CC3(CCC3)ON2)cc1OC1Cc2ccccc2C1. The van der Waals surface area contributed by atoms with Crippen LogP contribution in [0.5, 0.6) is 11.5 Å². The fourth-order valence-corrected chi connectivity index (χ4v) is 3.95. The van der Waals surface area contributed by atoms with Gasteiger partial charge in [0.2, 0.25) is 0 Å². The van der Waals surface area contributed by atoms with Gasteiger partial charge >= 0.3 is 0 Å². The third-order valence-corrected chi connectivity index (χ3v) is 5.55. The lowest BCUT2D eigenvalue weighted by Crippen LogP contribution is -2.36. The van der Waals surface area contributed by atoms with Gasteiger partial charge in [0.15, 0.2) is 11.5 Å². The van der Waals surface area contributed by atoms with Crippen LogP contribution < -0.4 is 10.2 Å². The minimum absolute atomic E-state index is 0.0679. The molecule has 0 atom stereocenters. The smallest absolute Gasteiger partial charge is 0.162 e. The van der Waals surface area contributed by atoms with Crippen molar-refractivity contribution in [3.8, 4) is 11.5 Å². The minimum atomic E-state index is -0.124. The van der Waals surface area contributed by atoms with E-state index in [0.29, 0.717) is 5.75 Å². The maximum absolute atomic E-state index is 10.2. The van der Waals surface area contributed by atoms with Crippen molar-refractivity contribution in [2.24, 2.45) is 0 Å². The summed E-state index contributed by atoms with van der Waals surface area (Å²) < 4.78 is 6.14. The van der Waals surface area contributed by atoms with Crippen molar-refractivity contribution in [1.29, 1.82) is 0 Å². The van der Waals surface area contributed by atoms with Crippen LogP contribution in [-0.2, 0) is 17.7 Å². The summed E-state index contributed by atoms with van der Waals surface area (Å²) in [4.78, 5) is 5.74. The molecule has 3 aliphatic rings. The van der Waals surface area contributed by atoms with Gasteiger partial charge in [-0.15, -0.1) is 0 Å². The highest BCUT2D eigenvalue weighted by Gasteiger charge is 2.41. The third kappa shape index (κ3) is 2.57. The minimum Gasteiger partial charge on any atom is -0.504 e. The Morgan fingerprint density at radius 1 is 1.08 bits per heavy atom. The third-order valence-electron chi connectivity index (χ3n) is 5.55. The zero-order chi connectivity index (χ0) is 16.9. The molecule has 2 N–H and O–H groups in total. The molecule has 2 aromatic carbocycles. The molecular weight excluding hydrogens is 314 g/mol. The lowest BCUT2D eigenvalue weighted by molar-refractivity contribution is -0.0821. The molecule has 128 valence electrons. The quantitative estimate of drug-likeness (QED) is 0.897. The van der Waals surface area contributed by atoms with E-state index >= 15 is 0 Å². The Bertz CT molecular complexity index is 829. The molecule has 1 aliphatic heterocycles. The molecule has 25 heavy (non-hydrogen) atoms. The highest BCUT2D eigenvalue weighted by atomic mass is 16.7. The van der Waals surface area contributed by atoms with E-state index in [1.54, 1.807) is 6.07 Å². The van der Waals surface area contributed by atoms with Gasteiger partial charge in [-0.25, -0.2) is 0 Å². The molecular formula is C21H21NO3. The Morgan fingerprint density at radius 3 is 2.48 bits per heavy atom. The Labute approximate surface area is 147 Å². The summed E-state index contributed by atoms with van der Waals surface area (Å²) in [5, 5.41) is 10.2. The number of aromatic hydroxyl groups is 1. The number of nitrogens with one attached hydrogen (secondary N) is 1. The van der Waals surface area contributed by atoms with Crippen molar-refractivity contribution < 1.29 is 14.7 Å². The molecule has 0 radical (unpaired) electrons. The van der Waals surface area contributed by atoms with Crippen LogP contribution in [0.15, 0.2) is 48.5 Å². The monoisotopic (exact) mass is 335 g/mol. The Hall–Kier alpha value is -2.46. The molecule has 1 spiro atoms. The zero-order valence-corrected chi connectivity index (χ0v) is 14.0. The average molecular weight is 335 g/mol. The molecule has 1 heterocycles. The lowest BCUT2D eigenvalue weighted by atomic mass is 9.80. The second-order valence-corrected chi connectivity index (χ2v) is 7.28. The van der Waals surface area contributed by atoms with E-state index in [1.165, 1.54) is 17.5 Å². The largest absolute Gasteiger partial charge is 0.504 e. The van der Waals surface area contributed by atoms with Gasteiger partial charge in [0.25, 0.3) is 0 Å². The molecule has 2 aromatic rings. The summed E-state index contributed by atoms with van der Waals surface area (Å²) in [6.07, 6.45) is 7.32. The summed E-state index contributed by atoms with van der Waals surface area (Å²) in [7, 11) is 0. The molecule has 0 aromatic heterocycles. The molecule has 5 rings (SSSR count). The van der Waals surface area contributed by atoms with E-state index in [-0.39, 0.29) is 17.5 Å². The lowest BCUT2D eigenvalue weighted by Gasteiger charge is -2.33. The van der Waals surface area contributed by atoms with Crippen LogP contribution in [0.4, 0.5) is 0 Å². The van der Waals surface area contributed by atoms with Gasteiger partial charge in [0.05, 0.1) is 5.70 Å². The number of phenolic OH excluding ortho intramolecular Hbond substituents is 1. The molecule has 0 amide bonds. The predicted molar refractivity (Wildman–Crippen MR) is 95.2 cm³/mol. The average Bonchev–Trinajstić information content (AvgIpc) is 3.20. The first-order chi connectivity index (χ1) is 12.2. The Balaban J connectivity index is 1.37. The fourth-order valence-electron chi connectivity index (χ4n) is 3.95. The van der Waals surface area contributed by atoms with Gasteiger partial charge in [0, 0.05) is 18.4 Å². The van der Waals surface area contributed by atoms with Gasteiger partial charge in [0.1, 0.15) is 11.7 Å². The van der Waals surface area contributed by atoms with Crippen molar-refractivity contribution >= 4 is 5.70 Å². The Morgan fingerprint density at radius 2 is 1.84 bits per heavy atom. The van der Waals surface area contributed by atoms with E-state index < -0.39 is 0 Å². The van der Waals surface area contributed by atoms with Crippen molar-refractivity contribution in [3.05, 3.63) is 65.2 Å². The van der Waals surface area contributed by atoms with Crippen LogP contribution in [0.3, 0.4) is 0 Å². The van der Waals surface area contributed by atoms with Crippen molar-refractivity contribution in [2.75, 3.05) is 0 Å². The van der Waals surface area contributed by atoms with Crippen LogP contribution in [0.1, 0.15) is 36.0 Å². The van der Waals surface area contributed by atoms with Crippen LogP contribution in [0.2, 0.25) is 0 Å². The molecule has 4 heteroatoms. The molecule has 4 nitrogen and oxygen atoms in total. The summed E-state index contributed by atoms with van der Waals surface area (Å²) in [6.45, 7) is 0. The maximum Gasteiger partial charge on any atom is 0.162 e. The van der Waals surface area contributed by atoms with Crippen LogP contribution >= 0.6 is 0 Å². The summed E-state index contributed by atoms with van der Waals surface area (Å²) in [6, 6.07) is 13.9. The first kappa shape index (κ1) is 14.8. The number of hydrogen-bond acceptors (Lipinski definition) is 4. The van der Waals surface area contributed by atoms with Crippen molar-refractivity contribution in [2.45, 2.75) is 43.8 Å². The summed E-state index contributed by atoms with van der Waals surface area (Å²) in [5.41, 5.74) is 7.53. The first-order valence-electron chi connectivity index (χ1n) is 8.95. The highest BCUT2D eigenvalue weighted by molar-refractivity contribution is 5.68. The van der Waals surface area contributed by atoms with E-state index in [2.05, 4.69) is 35.8 Å². The number of hydrogen-bond donors (Lipinski definition) is 2. The molecule has 2 aliphatic carbocycles. The van der Waals surface area contributed by atoms with Crippen molar-refractivity contribution in [3.63, 3.8) is 0 Å². The Kier molecular flexibility index (Phi) is 3.28. The van der Waals surface area contributed by atoms with E-state index in [4.69, 9.17) is 9.57 Å². The number of fused-ring (bicyclic) bond motifs is 1. The van der Waals surface area contributed by atoms with Gasteiger partial charge < -0.3 is 9.84 Å². The highest BCUT2D eigenvalue weighted by Crippen LogP contribution is 2.42.